The van der Waals surface area contributed by atoms with Crippen LogP contribution in [0.2, 0.25) is 0 Å². The molecule has 5 nitrogen and oxygen atoms in total. The van der Waals surface area contributed by atoms with Gasteiger partial charge in [-0.25, -0.2) is 0 Å². The molecule has 3 aromatic rings. The van der Waals surface area contributed by atoms with Crippen molar-refractivity contribution in [3.63, 3.8) is 0 Å². The first-order chi connectivity index (χ1) is 14.7. The predicted octanol–water partition coefficient (Wildman–Crippen LogP) is 4.65. The van der Waals surface area contributed by atoms with Crippen LogP contribution in [0.1, 0.15) is 48.7 Å². The van der Waals surface area contributed by atoms with Crippen LogP contribution in [0.5, 0.6) is 5.88 Å². The summed E-state index contributed by atoms with van der Waals surface area (Å²) >= 11 is 0. The fraction of sp³-hybridized carbons (Fsp3) is 0.400. The monoisotopic (exact) mass is 406 g/mol. The van der Waals surface area contributed by atoms with Crippen molar-refractivity contribution in [1.29, 1.82) is 0 Å². The van der Waals surface area contributed by atoms with Crippen molar-refractivity contribution >= 4 is 0 Å². The molecule has 0 spiro atoms. The molecule has 2 unspecified atom stereocenters. The van der Waals surface area contributed by atoms with Gasteiger partial charge in [-0.1, -0.05) is 60.7 Å². The van der Waals surface area contributed by atoms with Crippen LogP contribution in [0.15, 0.2) is 71.3 Å². The van der Waals surface area contributed by atoms with Gasteiger partial charge in [-0.05, 0) is 55.1 Å². The van der Waals surface area contributed by atoms with Crippen molar-refractivity contribution in [1.82, 2.24) is 10.1 Å². The molecule has 4 rings (SSSR count). The molecule has 1 aliphatic heterocycles. The lowest BCUT2D eigenvalue weighted by Gasteiger charge is -2.40. The van der Waals surface area contributed by atoms with Crippen molar-refractivity contribution in [2.75, 3.05) is 20.2 Å². The minimum Gasteiger partial charge on any atom is -0.479 e. The van der Waals surface area contributed by atoms with Crippen molar-refractivity contribution < 1.29 is 14.4 Å². The molecular weight excluding hydrogens is 376 g/mol. The van der Waals surface area contributed by atoms with Gasteiger partial charge in [0.25, 0.3) is 5.88 Å². The molecule has 1 aromatic heterocycles. The third-order valence-electron chi connectivity index (χ3n) is 6.40. The highest BCUT2D eigenvalue weighted by molar-refractivity contribution is 5.33. The van der Waals surface area contributed by atoms with E-state index in [1.54, 1.807) is 6.07 Å². The van der Waals surface area contributed by atoms with E-state index in [1.807, 2.05) is 6.92 Å². The number of hydrogen-bond donors (Lipinski definition) is 1. The number of hydrogen-bond acceptors (Lipinski definition) is 5. The molecule has 1 aliphatic rings. The smallest absolute Gasteiger partial charge is 0.254 e. The van der Waals surface area contributed by atoms with Crippen LogP contribution in [0.3, 0.4) is 0 Å². The molecule has 5 heteroatoms. The van der Waals surface area contributed by atoms with Crippen LogP contribution in [0, 0.1) is 5.92 Å². The van der Waals surface area contributed by atoms with Crippen LogP contribution in [-0.4, -0.2) is 41.4 Å². The van der Waals surface area contributed by atoms with E-state index in [-0.39, 0.29) is 6.04 Å². The summed E-state index contributed by atoms with van der Waals surface area (Å²) in [6.45, 7) is 3.94. The Morgan fingerprint density at radius 2 is 1.57 bits per heavy atom. The Balaban J connectivity index is 1.45. The van der Waals surface area contributed by atoms with Crippen molar-refractivity contribution in [2.24, 2.45) is 5.92 Å². The molecule has 1 fully saturated rings. The number of methoxy groups -OCH3 is 1. The van der Waals surface area contributed by atoms with E-state index in [0.29, 0.717) is 23.5 Å². The van der Waals surface area contributed by atoms with E-state index in [4.69, 9.17) is 9.26 Å². The number of aliphatic hydroxyl groups is 1. The van der Waals surface area contributed by atoms with Crippen LogP contribution < -0.4 is 4.74 Å². The summed E-state index contributed by atoms with van der Waals surface area (Å²) in [5, 5.41) is 14.6. The van der Waals surface area contributed by atoms with Crippen molar-refractivity contribution in [3.8, 4) is 5.88 Å². The predicted molar refractivity (Wildman–Crippen MR) is 117 cm³/mol. The number of aliphatic hydroxyl groups excluding tert-OH is 1. The van der Waals surface area contributed by atoms with Gasteiger partial charge in [0.05, 0.1) is 7.11 Å². The summed E-state index contributed by atoms with van der Waals surface area (Å²) in [5.74, 6) is 1.81. The molecular formula is C25H30N2O3. The van der Waals surface area contributed by atoms with Crippen LogP contribution >= 0.6 is 0 Å². The van der Waals surface area contributed by atoms with Gasteiger partial charge < -0.3 is 14.4 Å². The summed E-state index contributed by atoms with van der Waals surface area (Å²) in [5.41, 5.74) is 2.76. The fourth-order valence-electron chi connectivity index (χ4n) is 4.66. The highest BCUT2D eigenvalue weighted by Gasteiger charge is 2.33. The number of benzene rings is 2. The van der Waals surface area contributed by atoms with E-state index < -0.39 is 6.10 Å². The first-order valence-corrected chi connectivity index (χ1v) is 10.7. The lowest BCUT2D eigenvalue weighted by Crippen LogP contribution is -2.43. The highest BCUT2D eigenvalue weighted by Crippen LogP contribution is 2.39. The topological polar surface area (TPSA) is 58.7 Å². The van der Waals surface area contributed by atoms with Gasteiger partial charge in [0.2, 0.25) is 0 Å². The molecule has 158 valence electrons. The second-order valence-corrected chi connectivity index (χ2v) is 8.13. The molecule has 0 aliphatic carbocycles. The Kier molecular flexibility index (Phi) is 6.50. The Hall–Kier alpha value is -2.63. The zero-order valence-electron chi connectivity index (χ0n) is 17.6. The largest absolute Gasteiger partial charge is 0.479 e. The molecule has 0 amide bonds. The maximum Gasteiger partial charge on any atom is 0.254 e. The second kappa shape index (κ2) is 9.45. The van der Waals surface area contributed by atoms with Gasteiger partial charge in [0, 0.05) is 18.0 Å². The summed E-state index contributed by atoms with van der Waals surface area (Å²) in [6, 6.07) is 23.3. The molecule has 2 heterocycles. The average molecular weight is 407 g/mol. The first-order valence-electron chi connectivity index (χ1n) is 10.7. The van der Waals surface area contributed by atoms with Crippen molar-refractivity contribution in [3.05, 3.63) is 83.6 Å². The number of ether oxygens (including phenoxy) is 1. The SMILES string of the molecule is COc1cc(C(O)C(C)N2CCC(C(c3ccccc3)c3ccccc3)CC2)on1. The molecule has 30 heavy (non-hydrogen) atoms. The van der Waals surface area contributed by atoms with Crippen LogP contribution in [0.25, 0.3) is 0 Å². The lowest BCUT2D eigenvalue weighted by molar-refractivity contribution is 0.0209. The van der Waals surface area contributed by atoms with Gasteiger partial charge in [0.1, 0.15) is 6.10 Å². The first kappa shape index (κ1) is 20.6. The maximum atomic E-state index is 10.8. The molecule has 0 radical (unpaired) electrons. The standard InChI is InChI=1S/C25H30N2O3/c1-18(25(28)22-17-23(29-2)26-30-22)27-15-13-21(14-16-27)24(19-9-5-3-6-10-19)20-11-7-4-8-12-20/h3-12,17-18,21,24-25,28H,13-16H2,1-2H3. The second-order valence-electron chi connectivity index (χ2n) is 8.13. The zero-order valence-corrected chi connectivity index (χ0v) is 17.6. The summed E-state index contributed by atoms with van der Waals surface area (Å²) < 4.78 is 10.3. The number of piperidine rings is 1. The van der Waals surface area contributed by atoms with E-state index >= 15 is 0 Å². The zero-order chi connectivity index (χ0) is 20.9. The Morgan fingerprint density at radius 3 is 2.07 bits per heavy atom. The Bertz CT molecular complexity index is 865. The molecule has 0 bridgehead atoms. The quantitative estimate of drug-likeness (QED) is 0.619. The van der Waals surface area contributed by atoms with Gasteiger partial charge in [0.15, 0.2) is 5.76 Å². The number of likely N-dealkylation sites (tertiary alicyclic amines) is 1. The van der Waals surface area contributed by atoms with E-state index in [1.165, 1.54) is 18.2 Å². The molecule has 0 saturated carbocycles. The minimum absolute atomic E-state index is 0.0458. The number of nitrogens with zero attached hydrogens (tertiary/aromatic N) is 2. The Labute approximate surface area is 178 Å². The third kappa shape index (κ3) is 4.42. The van der Waals surface area contributed by atoms with E-state index in [9.17, 15) is 5.11 Å². The molecule has 1 saturated heterocycles. The van der Waals surface area contributed by atoms with Crippen LogP contribution in [-0.2, 0) is 0 Å². The van der Waals surface area contributed by atoms with Gasteiger partial charge in [-0.2, -0.15) is 0 Å². The van der Waals surface area contributed by atoms with E-state index in [2.05, 4.69) is 70.7 Å². The van der Waals surface area contributed by atoms with Gasteiger partial charge >= 0.3 is 0 Å². The third-order valence-corrected chi connectivity index (χ3v) is 6.40. The minimum atomic E-state index is -0.725. The lowest BCUT2D eigenvalue weighted by atomic mass is 9.76. The molecule has 2 atom stereocenters. The van der Waals surface area contributed by atoms with E-state index in [0.717, 1.165) is 25.9 Å². The average Bonchev–Trinajstić information content (AvgIpc) is 3.30. The number of aromatic nitrogens is 1. The summed E-state index contributed by atoms with van der Waals surface area (Å²) in [6.07, 6.45) is 1.45. The summed E-state index contributed by atoms with van der Waals surface area (Å²) in [7, 11) is 1.54. The normalized spacial score (nSPS) is 17.7. The summed E-state index contributed by atoms with van der Waals surface area (Å²) in [4.78, 5) is 2.35. The number of rotatable bonds is 7. The fourth-order valence-corrected chi connectivity index (χ4v) is 4.66. The van der Waals surface area contributed by atoms with Crippen molar-refractivity contribution in [2.45, 2.75) is 37.8 Å². The molecule has 2 aromatic carbocycles. The van der Waals surface area contributed by atoms with Crippen LogP contribution in [0.4, 0.5) is 0 Å². The Morgan fingerprint density at radius 1 is 1.00 bits per heavy atom. The molecule has 1 N–H and O–H groups in total. The maximum absolute atomic E-state index is 10.8. The van der Waals surface area contributed by atoms with Gasteiger partial charge in [-0.15, -0.1) is 0 Å². The van der Waals surface area contributed by atoms with Gasteiger partial charge in [-0.3, -0.25) is 4.90 Å². The highest BCUT2D eigenvalue weighted by atomic mass is 16.5.